The molecule has 2 aromatic carbocycles. The molecule has 1 aliphatic rings. The van der Waals surface area contributed by atoms with Gasteiger partial charge >= 0.3 is 0 Å². The van der Waals surface area contributed by atoms with Gasteiger partial charge in [-0.15, -0.1) is 0 Å². The number of aromatic amines is 1. The maximum Gasteiger partial charge on any atom is 0.170 e. The van der Waals surface area contributed by atoms with Gasteiger partial charge in [-0.25, -0.2) is 4.39 Å². The third-order valence-corrected chi connectivity index (χ3v) is 6.36. The second kappa shape index (κ2) is 7.64. The number of benzene rings is 2. The summed E-state index contributed by atoms with van der Waals surface area (Å²) in [6.45, 7) is 5.45. The Morgan fingerprint density at radius 2 is 1.97 bits per heavy atom. The van der Waals surface area contributed by atoms with Gasteiger partial charge in [-0.05, 0) is 76.0 Å². The van der Waals surface area contributed by atoms with Crippen molar-refractivity contribution in [2.24, 2.45) is 0 Å². The normalized spacial score (nSPS) is 16.2. The summed E-state index contributed by atoms with van der Waals surface area (Å²) in [6, 6.07) is 13.3. The molecule has 0 unspecified atom stereocenters. The van der Waals surface area contributed by atoms with Crippen molar-refractivity contribution in [1.82, 2.24) is 15.0 Å². The third-order valence-electron chi connectivity index (χ3n) is 6.36. The third kappa shape index (κ3) is 3.55. The fourth-order valence-corrected chi connectivity index (χ4v) is 4.79. The number of aryl methyl sites for hydroxylation is 2. The monoisotopic (exact) mass is 391 g/mol. The van der Waals surface area contributed by atoms with Crippen molar-refractivity contribution in [3.8, 4) is 0 Å². The van der Waals surface area contributed by atoms with Gasteiger partial charge in [0.05, 0.1) is 5.69 Å². The minimum atomic E-state index is -0.277. The number of piperidine rings is 1. The van der Waals surface area contributed by atoms with Crippen LogP contribution in [0.1, 0.15) is 42.1 Å². The van der Waals surface area contributed by atoms with E-state index in [1.165, 1.54) is 40.7 Å². The number of fused-ring (bicyclic) bond motifs is 2. The molecule has 1 aliphatic heterocycles. The summed E-state index contributed by atoms with van der Waals surface area (Å²) in [6.07, 6.45) is 4.42. The first kappa shape index (κ1) is 18.4. The predicted octanol–water partition coefficient (Wildman–Crippen LogP) is 5.57. The van der Waals surface area contributed by atoms with Crippen LogP contribution in [0.5, 0.6) is 0 Å². The van der Waals surface area contributed by atoms with E-state index in [1.54, 1.807) is 6.07 Å². The Hall–Kier alpha value is -2.66. The van der Waals surface area contributed by atoms with Crippen molar-refractivity contribution in [2.45, 2.75) is 38.5 Å². The Kier molecular flexibility index (Phi) is 4.84. The second-order valence-corrected chi connectivity index (χ2v) is 8.20. The second-order valence-electron chi connectivity index (χ2n) is 8.20. The topological polar surface area (TPSA) is 45.1 Å². The van der Waals surface area contributed by atoms with Gasteiger partial charge in [0.1, 0.15) is 5.82 Å². The average Bonchev–Trinajstić information content (AvgIpc) is 3.29. The molecule has 0 bridgehead atoms. The van der Waals surface area contributed by atoms with Crippen LogP contribution in [0.25, 0.3) is 21.9 Å². The summed E-state index contributed by atoms with van der Waals surface area (Å²) < 4.78 is 18.7. The lowest BCUT2D eigenvalue weighted by molar-refractivity contribution is 0.207. The molecule has 5 heteroatoms. The van der Waals surface area contributed by atoms with Crippen LogP contribution >= 0.6 is 0 Å². The highest BCUT2D eigenvalue weighted by Crippen LogP contribution is 2.33. The molecule has 1 saturated heterocycles. The summed E-state index contributed by atoms with van der Waals surface area (Å²) in [5.41, 5.74) is 5.53. The SMILES string of the molecule is Cc1[nH]c2ccccc2c1CCCN1CCC(c2noc3cc(F)ccc23)CC1. The molecule has 1 N–H and O–H groups in total. The van der Waals surface area contributed by atoms with Gasteiger partial charge in [-0.2, -0.15) is 0 Å². The fourth-order valence-electron chi connectivity index (χ4n) is 4.79. The molecule has 4 aromatic rings. The molecule has 0 amide bonds. The van der Waals surface area contributed by atoms with Crippen molar-refractivity contribution in [3.05, 3.63) is 65.2 Å². The van der Waals surface area contributed by atoms with Gasteiger partial charge in [-0.1, -0.05) is 23.4 Å². The molecular formula is C24H26FN3O. The Morgan fingerprint density at radius 3 is 2.83 bits per heavy atom. The molecule has 0 saturated carbocycles. The van der Waals surface area contributed by atoms with Crippen molar-refractivity contribution >= 4 is 21.9 Å². The van der Waals surface area contributed by atoms with E-state index in [2.05, 4.69) is 46.2 Å². The van der Waals surface area contributed by atoms with Crippen LogP contribution in [0, 0.1) is 12.7 Å². The summed E-state index contributed by atoms with van der Waals surface area (Å²) in [5, 5.41) is 6.57. The number of rotatable bonds is 5. The zero-order chi connectivity index (χ0) is 19.8. The van der Waals surface area contributed by atoms with Gasteiger partial charge in [-0.3, -0.25) is 0 Å². The quantitative estimate of drug-likeness (QED) is 0.484. The summed E-state index contributed by atoms with van der Waals surface area (Å²) >= 11 is 0. The van der Waals surface area contributed by atoms with Crippen LogP contribution in [0.3, 0.4) is 0 Å². The van der Waals surface area contributed by atoms with Gasteiger partial charge in [0.25, 0.3) is 0 Å². The van der Waals surface area contributed by atoms with E-state index >= 15 is 0 Å². The van der Waals surface area contributed by atoms with Crippen LogP contribution < -0.4 is 0 Å². The average molecular weight is 391 g/mol. The summed E-state index contributed by atoms with van der Waals surface area (Å²) in [4.78, 5) is 6.06. The Balaban J connectivity index is 1.17. The molecule has 5 rings (SSSR count). The minimum absolute atomic E-state index is 0.277. The molecule has 3 heterocycles. The van der Waals surface area contributed by atoms with Crippen LogP contribution in [-0.4, -0.2) is 34.7 Å². The zero-order valence-electron chi connectivity index (χ0n) is 16.7. The predicted molar refractivity (Wildman–Crippen MR) is 114 cm³/mol. The first-order chi connectivity index (χ1) is 14.2. The standard InChI is InChI=1S/C24H26FN3O/c1-16-19(20-5-2-3-7-22(20)26-16)6-4-12-28-13-10-17(11-14-28)24-21-9-8-18(25)15-23(21)29-27-24/h2-3,5,7-9,15,17,26H,4,6,10-14H2,1H3. The molecule has 2 aromatic heterocycles. The fraction of sp³-hybridized carbons (Fsp3) is 0.375. The van der Waals surface area contributed by atoms with Crippen LogP contribution in [-0.2, 0) is 6.42 Å². The minimum Gasteiger partial charge on any atom is -0.358 e. The van der Waals surface area contributed by atoms with E-state index in [0.29, 0.717) is 11.5 Å². The van der Waals surface area contributed by atoms with Crippen LogP contribution in [0.15, 0.2) is 47.0 Å². The van der Waals surface area contributed by atoms with Crippen molar-refractivity contribution in [1.29, 1.82) is 0 Å². The summed E-state index contributed by atoms with van der Waals surface area (Å²) in [7, 11) is 0. The molecule has 0 spiro atoms. The molecular weight excluding hydrogens is 365 g/mol. The molecule has 0 aliphatic carbocycles. The first-order valence-corrected chi connectivity index (χ1v) is 10.5. The lowest BCUT2D eigenvalue weighted by atomic mass is 9.91. The maximum atomic E-state index is 13.4. The molecule has 1 fully saturated rings. The number of likely N-dealkylation sites (tertiary alicyclic amines) is 1. The number of hydrogen-bond acceptors (Lipinski definition) is 3. The maximum absolute atomic E-state index is 13.4. The number of H-pyrrole nitrogens is 1. The van der Waals surface area contributed by atoms with Gasteiger partial charge in [0.2, 0.25) is 0 Å². The van der Waals surface area contributed by atoms with E-state index < -0.39 is 0 Å². The Morgan fingerprint density at radius 1 is 1.14 bits per heavy atom. The van der Waals surface area contributed by atoms with Gasteiger partial charge in [0, 0.05) is 34.0 Å². The molecule has 0 radical (unpaired) electrons. The highest BCUT2D eigenvalue weighted by Gasteiger charge is 2.25. The van der Waals surface area contributed by atoms with E-state index in [4.69, 9.17) is 4.52 Å². The van der Waals surface area contributed by atoms with E-state index in [-0.39, 0.29) is 5.82 Å². The highest BCUT2D eigenvalue weighted by atomic mass is 19.1. The Bertz CT molecular complexity index is 1140. The zero-order valence-corrected chi connectivity index (χ0v) is 16.7. The van der Waals surface area contributed by atoms with Gasteiger partial charge in [0.15, 0.2) is 5.58 Å². The number of halogens is 1. The van der Waals surface area contributed by atoms with Crippen molar-refractivity contribution in [3.63, 3.8) is 0 Å². The largest absolute Gasteiger partial charge is 0.358 e. The van der Waals surface area contributed by atoms with E-state index in [9.17, 15) is 4.39 Å². The summed E-state index contributed by atoms with van der Waals surface area (Å²) in [5.74, 6) is 0.120. The van der Waals surface area contributed by atoms with Crippen LogP contribution in [0.2, 0.25) is 0 Å². The lowest BCUT2D eigenvalue weighted by Crippen LogP contribution is -2.34. The van der Waals surface area contributed by atoms with Crippen molar-refractivity contribution < 1.29 is 8.91 Å². The van der Waals surface area contributed by atoms with Gasteiger partial charge < -0.3 is 14.4 Å². The number of nitrogens with one attached hydrogen (secondary N) is 1. The molecule has 29 heavy (non-hydrogen) atoms. The van der Waals surface area contributed by atoms with Crippen molar-refractivity contribution in [2.75, 3.05) is 19.6 Å². The van der Waals surface area contributed by atoms with E-state index in [1.807, 2.05) is 0 Å². The lowest BCUT2D eigenvalue weighted by Gasteiger charge is -2.31. The Labute approximate surface area is 169 Å². The number of nitrogens with zero attached hydrogens (tertiary/aromatic N) is 2. The smallest absolute Gasteiger partial charge is 0.170 e. The first-order valence-electron chi connectivity index (χ1n) is 10.5. The van der Waals surface area contributed by atoms with E-state index in [0.717, 1.165) is 50.0 Å². The molecule has 0 atom stereocenters. The molecule has 4 nitrogen and oxygen atoms in total. The van der Waals surface area contributed by atoms with Crippen LogP contribution in [0.4, 0.5) is 4.39 Å². The molecule has 150 valence electrons. The number of para-hydroxylation sites is 1. The highest BCUT2D eigenvalue weighted by molar-refractivity contribution is 5.84. The number of aromatic nitrogens is 2. The number of hydrogen-bond donors (Lipinski definition) is 1.